The number of carbonyl (C=O) groups excluding carboxylic acids is 2. The van der Waals surface area contributed by atoms with Crippen LogP contribution in [0.25, 0.3) is 0 Å². The van der Waals surface area contributed by atoms with Crippen molar-refractivity contribution in [3.8, 4) is 0 Å². The maximum atomic E-state index is 11.8. The molecule has 7 heteroatoms. The summed E-state index contributed by atoms with van der Waals surface area (Å²) >= 11 is 1.46. The van der Waals surface area contributed by atoms with Crippen LogP contribution in [0.15, 0.2) is 40.3 Å². The van der Waals surface area contributed by atoms with Crippen molar-refractivity contribution in [2.24, 2.45) is 0 Å². The van der Waals surface area contributed by atoms with Crippen molar-refractivity contribution < 1.29 is 19.5 Å². The molecule has 0 bridgehead atoms. The molecule has 0 aliphatic heterocycles. The van der Waals surface area contributed by atoms with Crippen molar-refractivity contribution in [1.29, 1.82) is 0 Å². The topological polar surface area (TPSA) is 95.5 Å². The molecule has 0 fully saturated rings. The predicted octanol–water partition coefficient (Wildman–Crippen LogP) is 2.48. The molecule has 0 saturated heterocycles. The van der Waals surface area contributed by atoms with Gasteiger partial charge in [-0.1, -0.05) is 12.1 Å². The third-order valence-electron chi connectivity index (χ3n) is 2.81. The second-order valence-electron chi connectivity index (χ2n) is 4.16. The van der Waals surface area contributed by atoms with Gasteiger partial charge in [-0.15, -0.1) is 11.8 Å². The average Bonchev–Trinajstić information content (AvgIpc) is 2.45. The van der Waals surface area contributed by atoms with Gasteiger partial charge in [0.05, 0.1) is 5.69 Å². The number of hydrogen-bond acceptors (Lipinski definition) is 4. The Labute approximate surface area is 126 Å². The average molecular weight is 308 g/mol. The number of nitrogens with one attached hydrogen (secondary N) is 2. The van der Waals surface area contributed by atoms with Gasteiger partial charge >= 0.3 is 12.0 Å². The van der Waals surface area contributed by atoms with Crippen molar-refractivity contribution in [2.45, 2.75) is 18.7 Å². The van der Waals surface area contributed by atoms with Gasteiger partial charge in [-0.3, -0.25) is 10.1 Å². The van der Waals surface area contributed by atoms with Crippen LogP contribution in [0, 0.1) is 0 Å². The number of amides is 3. The summed E-state index contributed by atoms with van der Waals surface area (Å²) in [5, 5.41) is 13.4. The van der Waals surface area contributed by atoms with E-state index in [1.807, 2.05) is 18.4 Å². The number of carboxylic acids is 1. The largest absolute Gasteiger partial charge is 0.478 e. The number of hydrogen-bond donors (Lipinski definition) is 3. The highest BCUT2D eigenvalue weighted by atomic mass is 32.2. The maximum Gasteiger partial charge on any atom is 0.331 e. The number of imide groups is 1. The molecule has 1 aromatic carbocycles. The van der Waals surface area contributed by atoms with E-state index in [0.29, 0.717) is 5.69 Å². The first-order valence-electron chi connectivity index (χ1n) is 6.03. The third-order valence-corrected chi connectivity index (χ3v) is 3.60. The molecule has 1 aromatic rings. The normalized spacial score (nSPS) is 11.4. The molecule has 0 saturated carbocycles. The van der Waals surface area contributed by atoms with E-state index in [2.05, 4.69) is 10.6 Å². The van der Waals surface area contributed by atoms with Gasteiger partial charge in [-0.05, 0) is 32.2 Å². The number of rotatable bonds is 4. The van der Waals surface area contributed by atoms with Crippen molar-refractivity contribution >= 4 is 35.4 Å². The molecule has 0 aliphatic carbocycles. The molecule has 3 N–H and O–H groups in total. The van der Waals surface area contributed by atoms with E-state index in [-0.39, 0.29) is 11.1 Å². The number of thioether (sulfide) groups is 1. The van der Waals surface area contributed by atoms with E-state index in [0.717, 1.165) is 4.90 Å². The molecule has 0 aromatic heterocycles. The minimum Gasteiger partial charge on any atom is -0.478 e. The number of aliphatic carboxylic acids is 1. The fourth-order valence-electron chi connectivity index (χ4n) is 1.43. The van der Waals surface area contributed by atoms with Gasteiger partial charge < -0.3 is 10.4 Å². The van der Waals surface area contributed by atoms with Crippen LogP contribution >= 0.6 is 11.8 Å². The molecular formula is C14H16N2O4S. The highest BCUT2D eigenvalue weighted by Gasteiger charge is 2.15. The Kier molecular flexibility index (Phi) is 5.98. The lowest BCUT2D eigenvalue weighted by Gasteiger charge is -2.10. The van der Waals surface area contributed by atoms with E-state index < -0.39 is 17.9 Å². The molecule has 0 aliphatic rings. The van der Waals surface area contributed by atoms with Crippen LogP contribution in [-0.2, 0) is 9.59 Å². The van der Waals surface area contributed by atoms with Crippen LogP contribution in [0.1, 0.15) is 13.8 Å². The highest BCUT2D eigenvalue weighted by molar-refractivity contribution is 7.98. The van der Waals surface area contributed by atoms with Gasteiger partial charge in [0.25, 0.3) is 5.91 Å². The van der Waals surface area contributed by atoms with E-state index >= 15 is 0 Å². The number of benzene rings is 1. The zero-order valence-corrected chi connectivity index (χ0v) is 12.7. The first-order valence-corrected chi connectivity index (χ1v) is 7.25. The zero-order valence-electron chi connectivity index (χ0n) is 11.9. The number of carboxylic acid groups (broad SMARTS) is 1. The number of carbonyl (C=O) groups is 3. The van der Waals surface area contributed by atoms with Crippen LogP contribution in [0.5, 0.6) is 0 Å². The minimum absolute atomic E-state index is 0.0178. The van der Waals surface area contributed by atoms with Gasteiger partial charge in [0.1, 0.15) is 0 Å². The van der Waals surface area contributed by atoms with Crippen molar-refractivity contribution in [3.05, 3.63) is 35.4 Å². The molecule has 0 heterocycles. The second-order valence-corrected chi connectivity index (χ2v) is 5.01. The van der Waals surface area contributed by atoms with Gasteiger partial charge in [-0.2, -0.15) is 0 Å². The molecule has 0 atom stereocenters. The summed E-state index contributed by atoms with van der Waals surface area (Å²) in [4.78, 5) is 35.1. The Morgan fingerprint density at radius 1 is 1.10 bits per heavy atom. The summed E-state index contributed by atoms with van der Waals surface area (Å²) in [5.41, 5.74) is 0.451. The van der Waals surface area contributed by atoms with Gasteiger partial charge in [0.15, 0.2) is 0 Å². The first-order chi connectivity index (χ1) is 9.86. The summed E-state index contributed by atoms with van der Waals surface area (Å²) in [6.45, 7) is 2.65. The number of para-hydroxylation sites is 1. The molecule has 0 spiro atoms. The molecule has 0 radical (unpaired) electrons. The third kappa shape index (κ3) is 4.64. The molecule has 3 amide bonds. The van der Waals surface area contributed by atoms with E-state index in [4.69, 9.17) is 5.11 Å². The molecule has 1 rings (SSSR count). The Hall–Kier alpha value is -2.28. The van der Waals surface area contributed by atoms with Crippen LogP contribution in [0.2, 0.25) is 0 Å². The molecule has 6 nitrogen and oxygen atoms in total. The Morgan fingerprint density at radius 2 is 1.71 bits per heavy atom. The molecule has 0 unspecified atom stereocenters. The molecular weight excluding hydrogens is 292 g/mol. The lowest BCUT2D eigenvalue weighted by Crippen LogP contribution is -2.35. The van der Waals surface area contributed by atoms with E-state index in [1.54, 1.807) is 12.1 Å². The number of anilines is 1. The van der Waals surface area contributed by atoms with Crippen molar-refractivity contribution in [1.82, 2.24) is 5.32 Å². The Balaban J connectivity index is 2.77. The zero-order chi connectivity index (χ0) is 16.0. The quantitative estimate of drug-likeness (QED) is 0.586. The smallest absolute Gasteiger partial charge is 0.331 e. The van der Waals surface area contributed by atoms with E-state index in [1.165, 1.54) is 25.6 Å². The molecule has 112 valence electrons. The summed E-state index contributed by atoms with van der Waals surface area (Å²) in [7, 11) is 0. The summed E-state index contributed by atoms with van der Waals surface area (Å²) in [6, 6.07) is 6.43. The van der Waals surface area contributed by atoms with Gasteiger partial charge in [0, 0.05) is 16.0 Å². The van der Waals surface area contributed by atoms with Gasteiger partial charge in [0.2, 0.25) is 0 Å². The van der Waals surface area contributed by atoms with Crippen molar-refractivity contribution in [2.75, 3.05) is 11.6 Å². The number of urea groups is 1. The lowest BCUT2D eigenvalue weighted by molar-refractivity contribution is -0.133. The van der Waals surface area contributed by atoms with Crippen molar-refractivity contribution in [3.63, 3.8) is 0 Å². The van der Waals surface area contributed by atoms with Crippen LogP contribution in [0.4, 0.5) is 10.5 Å². The standard InChI is InChI=1S/C14H16N2O4S/c1-8(9(2)13(18)19)12(17)16-14(20)15-10-6-4-5-7-11(10)21-3/h4-7H,1-3H3,(H,18,19)(H2,15,16,17,20)/b9-8-. The minimum atomic E-state index is -1.20. The van der Waals surface area contributed by atoms with Crippen LogP contribution in [0.3, 0.4) is 0 Å². The second kappa shape index (κ2) is 7.49. The lowest BCUT2D eigenvalue weighted by atomic mass is 10.1. The monoisotopic (exact) mass is 308 g/mol. The predicted molar refractivity (Wildman–Crippen MR) is 81.4 cm³/mol. The highest BCUT2D eigenvalue weighted by Crippen LogP contribution is 2.24. The fourth-order valence-corrected chi connectivity index (χ4v) is 1.98. The fraction of sp³-hybridized carbons (Fsp3) is 0.214. The Bertz CT molecular complexity index is 611. The first kappa shape index (κ1) is 16.8. The summed E-state index contributed by atoms with van der Waals surface area (Å²) < 4.78 is 0. The summed E-state index contributed by atoms with van der Waals surface area (Å²) in [5.74, 6) is -1.94. The van der Waals surface area contributed by atoms with Crippen LogP contribution in [-0.4, -0.2) is 29.3 Å². The summed E-state index contributed by atoms with van der Waals surface area (Å²) in [6.07, 6.45) is 1.87. The Morgan fingerprint density at radius 3 is 2.29 bits per heavy atom. The molecule has 21 heavy (non-hydrogen) atoms. The van der Waals surface area contributed by atoms with Crippen LogP contribution < -0.4 is 10.6 Å². The van der Waals surface area contributed by atoms with Gasteiger partial charge in [-0.25, -0.2) is 9.59 Å². The SMILES string of the molecule is CSc1ccccc1NC(=O)NC(=O)/C(C)=C(/C)C(=O)O. The maximum absolute atomic E-state index is 11.8. The van der Waals surface area contributed by atoms with E-state index in [9.17, 15) is 14.4 Å².